The first-order valence-electron chi connectivity index (χ1n) is 6.14. The summed E-state index contributed by atoms with van der Waals surface area (Å²) in [5.41, 5.74) is 0.337. The Morgan fingerprint density at radius 3 is 2.45 bits per heavy atom. The van der Waals surface area contributed by atoms with Gasteiger partial charge in [0.05, 0.1) is 17.2 Å². The van der Waals surface area contributed by atoms with Gasteiger partial charge in [0, 0.05) is 5.56 Å². The number of nitriles is 2. The molecule has 0 radical (unpaired) electrons. The smallest absolute Gasteiger partial charge is 0.185 e. The molecule has 3 nitrogen and oxygen atoms in total. The number of ether oxygens (including phenoxy) is 1. The number of halogens is 1. The maximum Gasteiger partial charge on any atom is 0.185 e. The quantitative estimate of drug-likeness (QED) is 0.771. The van der Waals surface area contributed by atoms with Gasteiger partial charge in [-0.15, -0.1) is 0 Å². The molecule has 0 amide bonds. The van der Waals surface area contributed by atoms with E-state index >= 15 is 0 Å². The lowest BCUT2D eigenvalue weighted by Crippen LogP contribution is -2.29. The van der Waals surface area contributed by atoms with Gasteiger partial charge in [-0.1, -0.05) is 30.3 Å². The average molecular weight is 268 g/mol. The highest BCUT2D eigenvalue weighted by molar-refractivity contribution is 5.55. The second-order valence-electron chi connectivity index (χ2n) is 4.61. The SMILES string of the molecule is CC1=C(C#N)/C(=C(\C)C#N)OC1(CF)c1ccccc1. The summed E-state index contributed by atoms with van der Waals surface area (Å²) in [4.78, 5) is 0. The lowest BCUT2D eigenvalue weighted by Gasteiger charge is -2.28. The molecule has 1 aromatic rings. The third kappa shape index (κ3) is 1.87. The van der Waals surface area contributed by atoms with E-state index in [-0.39, 0.29) is 16.9 Å². The zero-order valence-electron chi connectivity index (χ0n) is 11.3. The molecule has 1 unspecified atom stereocenters. The molecule has 1 atom stereocenters. The summed E-state index contributed by atoms with van der Waals surface area (Å²) in [5.74, 6) is 0.175. The Balaban J connectivity index is 2.69. The van der Waals surface area contributed by atoms with Crippen molar-refractivity contribution in [3.63, 3.8) is 0 Å². The van der Waals surface area contributed by atoms with Crippen LogP contribution in [0.2, 0.25) is 0 Å². The van der Waals surface area contributed by atoms with Crippen LogP contribution in [-0.4, -0.2) is 6.67 Å². The molecule has 1 aromatic carbocycles. The van der Waals surface area contributed by atoms with Gasteiger partial charge in [-0.2, -0.15) is 10.5 Å². The molecule has 1 aliphatic rings. The van der Waals surface area contributed by atoms with Crippen molar-refractivity contribution in [2.45, 2.75) is 19.4 Å². The minimum absolute atomic E-state index is 0.175. The lowest BCUT2D eigenvalue weighted by molar-refractivity contribution is 0.0298. The predicted molar refractivity (Wildman–Crippen MR) is 71.8 cm³/mol. The third-order valence-corrected chi connectivity index (χ3v) is 3.53. The molecular formula is C16H13FN2O. The summed E-state index contributed by atoms with van der Waals surface area (Å²) in [6, 6.07) is 12.9. The van der Waals surface area contributed by atoms with Crippen LogP contribution < -0.4 is 0 Å². The van der Waals surface area contributed by atoms with Crippen molar-refractivity contribution in [3.05, 3.63) is 58.4 Å². The van der Waals surface area contributed by atoms with E-state index < -0.39 is 12.3 Å². The number of alkyl halides is 1. The zero-order chi connectivity index (χ0) is 14.8. The van der Waals surface area contributed by atoms with Crippen LogP contribution in [0.3, 0.4) is 0 Å². The molecule has 1 aliphatic heterocycles. The van der Waals surface area contributed by atoms with Crippen molar-refractivity contribution >= 4 is 0 Å². The van der Waals surface area contributed by atoms with Crippen LogP contribution in [0.5, 0.6) is 0 Å². The Kier molecular flexibility index (Phi) is 3.59. The third-order valence-electron chi connectivity index (χ3n) is 3.53. The molecule has 0 bridgehead atoms. The van der Waals surface area contributed by atoms with E-state index in [9.17, 15) is 9.65 Å². The highest BCUT2D eigenvalue weighted by atomic mass is 19.1. The van der Waals surface area contributed by atoms with E-state index in [0.717, 1.165) is 0 Å². The monoisotopic (exact) mass is 268 g/mol. The predicted octanol–water partition coefficient (Wildman–Crippen LogP) is 3.52. The summed E-state index contributed by atoms with van der Waals surface area (Å²) in [7, 11) is 0. The van der Waals surface area contributed by atoms with Gasteiger partial charge in [-0.3, -0.25) is 0 Å². The second kappa shape index (κ2) is 5.19. The van der Waals surface area contributed by atoms with Gasteiger partial charge in [-0.25, -0.2) is 4.39 Å². The van der Waals surface area contributed by atoms with Gasteiger partial charge in [0.15, 0.2) is 11.4 Å². The van der Waals surface area contributed by atoms with Crippen molar-refractivity contribution in [1.29, 1.82) is 10.5 Å². The van der Waals surface area contributed by atoms with Gasteiger partial charge in [0.25, 0.3) is 0 Å². The lowest BCUT2D eigenvalue weighted by atomic mass is 9.87. The highest BCUT2D eigenvalue weighted by Crippen LogP contribution is 2.46. The molecule has 1 heterocycles. The number of nitrogens with zero attached hydrogens (tertiary/aromatic N) is 2. The largest absolute Gasteiger partial charge is 0.473 e. The molecule has 0 N–H and O–H groups in total. The first-order valence-corrected chi connectivity index (χ1v) is 6.14. The minimum Gasteiger partial charge on any atom is -0.473 e. The summed E-state index contributed by atoms with van der Waals surface area (Å²) in [6.45, 7) is 2.43. The number of hydrogen-bond donors (Lipinski definition) is 0. The van der Waals surface area contributed by atoms with Crippen molar-refractivity contribution < 1.29 is 9.13 Å². The van der Waals surface area contributed by atoms with Crippen LogP contribution in [-0.2, 0) is 10.3 Å². The molecule has 0 saturated carbocycles. The molecule has 0 aromatic heterocycles. The fourth-order valence-electron chi connectivity index (χ4n) is 2.31. The van der Waals surface area contributed by atoms with Crippen LogP contribution in [0.25, 0.3) is 0 Å². The van der Waals surface area contributed by atoms with Crippen molar-refractivity contribution in [3.8, 4) is 12.1 Å². The second-order valence-corrected chi connectivity index (χ2v) is 4.61. The number of hydrogen-bond acceptors (Lipinski definition) is 3. The van der Waals surface area contributed by atoms with E-state index in [1.54, 1.807) is 38.1 Å². The van der Waals surface area contributed by atoms with Crippen LogP contribution in [0.1, 0.15) is 19.4 Å². The number of rotatable bonds is 2. The molecule has 0 aliphatic carbocycles. The molecule has 2 rings (SSSR count). The summed E-state index contributed by atoms with van der Waals surface area (Å²) in [5, 5.41) is 18.3. The molecule has 0 saturated heterocycles. The molecule has 20 heavy (non-hydrogen) atoms. The van der Waals surface area contributed by atoms with E-state index in [4.69, 9.17) is 10.00 Å². The average Bonchev–Trinajstić information content (AvgIpc) is 2.80. The van der Waals surface area contributed by atoms with E-state index in [1.165, 1.54) is 0 Å². The maximum atomic E-state index is 13.8. The Bertz CT molecular complexity index is 677. The topological polar surface area (TPSA) is 56.8 Å². The summed E-state index contributed by atoms with van der Waals surface area (Å²) >= 11 is 0. The van der Waals surface area contributed by atoms with Gasteiger partial charge in [-0.05, 0) is 19.4 Å². The Morgan fingerprint density at radius 2 is 1.95 bits per heavy atom. The zero-order valence-corrected chi connectivity index (χ0v) is 11.3. The van der Waals surface area contributed by atoms with Gasteiger partial charge in [0.1, 0.15) is 12.7 Å². The highest BCUT2D eigenvalue weighted by Gasteiger charge is 2.46. The number of allylic oxidation sites excluding steroid dienone is 2. The maximum absolute atomic E-state index is 13.8. The van der Waals surface area contributed by atoms with Crippen LogP contribution in [0.4, 0.5) is 4.39 Å². The standard InChI is InChI=1S/C16H13FN2O/c1-11(8-18)15-14(9-19)12(2)16(10-17,20-15)13-6-4-3-5-7-13/h3-7H,10H2,1-2H3/b15-11-. The number of benzene rings is 1. The van der Waals surface area contributed by atoms with Gasteiger partial charge in [0.2, 0.25) is 0 Å². The Morgan fingerprint density at radius 1 is 1.30 bits per heavy atom. The minimum atomic E-state index is -1.31. The van der Waals surface area contributed by atoms with Crippen LogP contribution >= 0.6 is 0 Å². The van der Waals surface area contributed by atoms with Crippen molar-refractivity contribution in [2.75, 3.05) is 6.67 Å². The van der Waals surface area contributed by atoms with Gasteiger partial charge < -0.3 is 4.74 Å². The van der Waals surface area contributed by atoms with E-state index in [0.29, 0.717) is 11.1 Å². The normalized spacial score (nSPS) is 23.9. The summed E-state index contributed by atoms with van der Waals surface area (Å²) < 4.78 is 19.5. The molecule has 0 fully saturated rings. The van der Waals surface area contributed by atoms with E-state index in [2.05, 4.69) is 0 Å². The fourth-order valence-corrected chi connectivity index (χ4v) is 2.31. The van der Waals surface area contributed by atoms with Crippen molar-refractivity contribution in [1.82, 2.24) is 0 Å². The molecular weight excluding hydrogens is 255 g/mol. The van der Waals surface area contributed by atoms with Crippen LogP contribution in [0, 0.1) is 22.7 Å². The Hall–Kier alpha value is -2.59. The van der Waals surface area contributed by atoms with Crippen LogP contribution in [0.15, 0.2) is 52.8 Å². The van der Waals surface area contributed by atoms with Gasteiger partial charge >= 0.3 is 0 Å². The molecule has 4 heteroatoms. The van der Waals surface area contributed by atoms with E-state index in [1.807, 2.05) is 18.2 Å². The first kappa shape index (κ1) is 13.8. The fraction of sp³-hybridized carbons (Fsp3) is 0.250. The molecule has 0 spiro atoms. The Labute approximate surface area is 117 Å². The first-order chi connectivity index (χ1) is 9.60. The van der Waals surface area contributed by atoms with Crippen molar-refractivity contribution in [2.24, 2.45) is 0 Å². The summed E-state index contributed by atoms with van der Waals surface area (Å²) in [6.07, 6.45) is 0. The molecule has 100 valence electrons.